The van der Waals surface area contributed by atoms with E-state index in [4.69, 9.17) is 4.74 Å². The van der Waals surface area contributed by atoms with Crippen LogP contribution in [0.4, 0.5) is 4.79 Å². The minimum absolute atomic E-state index is 0.292. The predicted molar refractivity (Wildman–Crippen MR) is 83.9 cm³/mol. The molecule has 2 aromatic carbocycles. The van der Waals surface area contributed by atoms with Crippen LogP contribution in [0.3, 0.4) is 0 Å². The molecular formula is C18H19NO2. The number of alkyl carbamates (subject to hydrolysis) is 1. The summed E-state index contributed by atoms with van der Waals surface area (Å²) < 4.78 is 5.11. The third kappa shape index (κ3) is 5.95. The smallest absolute Gasteiger partial charge is 0.407 e. The summed E-state index contributed by atoms with van der Waals surface area (Å²) in [5.41, 5.74) is 2.23. The highest BCUT2D eigenvalue weighted by atomic mass is 16.5. The van der Waals surface area contributed by atoms with Gasteiger partial charge in [0, 0.05) is 6.54 Å². The molecule has 0 unspecified atom stereocenters. The van der Waals surface area contributed by atoms with Gasteiger partial charge in [-0.3, -0.25) is 0 Å². The highest BCUT2D eigenvalue weighted by Crippen LogP contribution is 2.01. The Labute approximate surface area is 125 Å². The van der Waals surface area contributed by atoms with Gasteiger partial charge in [0.2, 0.25) is 0 Å². The molecule has 0 aliphatic carbocycles. The van der Waals surface area contributed by atoms with Crippen molar-refractivity contribution in [1.29, 1.82) is 0 Å². The maximum Gasteiger partial charge on any atom is 0.407 e. The zero-order chi connectivity index (χ0) is 14.8. The summed E-state index contributed by atoms with van der Waals surface area (Å²) in [5, 5.41) is 2.69. The van der Waals surface area contributed by atoms with Gasteiger partial charge in [0.05, 0.1) is 0 Å². The van der Waals surface area contributed by atoms with Gasteiger partial charge in [0.1, 0.15) is 6.61 Å². The average molecular weight is 281 g/mol. The summed E-state index contributed by atoms with van der Waals surface area (Å²) in [5.74, 6) is 0. The summed E-state index contributed by atoms with van der Waals surface area (Å²) in [7, 11) is 0. The first-order chi connectivity index (χ1) is 10.3. The molecule has 2 rings (SSSR count). The van der Waals surface area contributed by atoms with Crippen molar-refractivity contribution in [3.8, 4) is 0 Å². The number of hydrogen-bond acceptors (Lipinski definition) is 2. The van der Waals surface area contributed by atoms with E-state index in [0.29, 0.717) is 13.2 Å². The second-order valence-electron chi connectivity index (χ2n) is 4.60. The van der Waals surface area contributed by atoms with Crippen molar-refractivity contribution in [2.45, 2.75) is 13.0 Å². The van der Waals surface area contributed by atoms with Crippen molar-refractivity contribution in [1.82, 2.24) is 5.32 Å². The van der Waals surface area contributed by atoms with Crippen LogP contribution in [-0.4, -0.2) is 12.6 Å². The number of nitrogens with one attached hydrogen (secondary N) is 1. The average Bonchev–Trinajstić information content (AvgIpc) is 2.54. The molecule has 0 heterocycles. The number of rotatable bonds is 6. The van der Waals surface area contributed by atoms with E-state index < -0.39 is 6.09 Å². The number of carbonyl (C=O) groups is 1. The molecule has 108 valence electrons. The van der Waals surface area contributed by atoms with Crippen molar-refractivity contribution in [2.75, 3.05) is 6.54 Å². The Balaban J connectivity index is 1.61. The van der Waals surface area contributed by atoms with Crippen LogP contribution in [0.1, 0.15) is 11.1 Å². The maximum atomic E-state index is 11.5. The molecule has 0 saturated carbocycles. The van der Waals surface area contributed by atoms with Crippen molar-refractivity contribution >= 4 is 6.09 Å². The molecule has 1 amide bonds. The highest BCUT2D eigenvalue weighted by molar-refractivity contribution is 5.67. The summed E-state index contributed by atoms with van der Waals surface area (Å²) in [6, 6.07) is 19.8. The molecule has 0 bridgehead atoms. The molecule has 3 nitrogen and oxygen atoms in total. The Morgan fingerprint density at radius 1 is 0.905 bits per heavy atom. The fraction of sp³-hybridized carbons (Fsp3) is 0.167. The van der Waals surface area contributed by atoms with Crippen LogP contribution in [0.25, 0.3) is 0 Å². The van der Waals surface area contributed by atoms with Crippen LogP contribution in [0, 0.1) is 0 Å². The monoisotopic (exact) mass is 281 g/mol. The number of allylic oxidation sites excluding steroid dienone is 1. The molecule has 0 radical (unpaired) electrons. The van der Waals surface area contributed by atoms with E-state index in [9.17, 15) is 4.79 Å². The molecule has 0 aliphatic heterocycles. The van der Waals surface area contributed by atoms with Crippen LogP contribution in [0.5, 0.6) is 0 Å². The summed E-state index contributed by atoms with van der Waals surface area (Å²) in [6.45, 7) is 0.765. The third-order valence-electron chi connectivity index (χ3n) is 2.94. The first-order valence-electron chi connectivity index (χ1n) is 6.98. The Bertz CT molecular complexity index is 564. The molecule has 0 fully saturated rings. The van der Waals surface area contributed by atoms with Gasteiger partial charge in [-0.15, -0.1) is 0 Å². The van der Waals surface area contributed by atoms with E-state index in [0.717, 1.165) is 12.0 Å². The molecule has 0 aliphatic rings. The summed E-state index contributed by atoms with van der Waals surface area (Å²) >= 11 is 0. The molecule has 2 aromatic rings. The molecule has 3 heteroatoms. The molecule has 0 atom stereocenters. The molecule has 0 saturated heterocycles. The lowest BCUT2D eigenvalue weighted by atomic mass is 10.1. The van der Waals surface area contributed by atoms with Crippen LogP contribution in [0.15, 0.2) is 72.8 Å². The number of carbonyl (C=O) groups excluding carboxylic acids is 1. The van der Waals surface area contributed by atoms with Crippen molar-refractivity contribution in [2.24, 2.45) is 0 Å². The molecule has 0 aromatic heterocycles. The minimum Gasteiger partial charge on any atom is -0.445 e. The van der Waals surface area contributed by atoms with E-state index in [1.807, 2.05) is 60.7 Å². The standard InChI is InChI=1S/C18H19NO2/c20-18(21-15-17-12-5-2-6-13-17)19-14-8-7-11-16-9-3-1-4-10-16/h1-10,12-13H,11,14-15H2,(H,19,20). The van der Waals surface area contributed by atoms with Gasteiger partial charge in [0.15, 0.2) is 0 Å². The zero-order valence-electron chi connectivity index (χ0n) is 11.9. The van der Waals surface area contributed by atoms with Crippen LogP contribution >= 0.6 is 0 Å². The van der Waals surface area contributed by atoms with Gasteiger partial charge in [-0.25, -0.2) is 4.79 Å². The topological polar surface area (TPSA) is 38.3 Å². The summed E-state index contributed by atoms with van der Waals surface area (Å²) in [4.78, 5) is 11.5. The molecule has 0 spiro atoms. The Hall–Kier alpha value is -2.55. The lowest BCUT2D eigenvalue weighted by Gasteiger charge is -2.05. The highest BCUT2D eigenvalue weighted by Gasteiger charge is 1.99. The number of hydrogen-bond donors (Lipinski definition) is 1. The fourth-order valence-electron chi connectivity index (χ4n) is 1.83. The van der Waals surface area contributed by atoms with Gasteiger partial charge in [-0.1, -0.05) is 72.8 Å². The predicted octanol–water partition coefficient (Wildman–Crippen LogP) is 3.71. The van der Waals surface area contributed by atoms with Gasteiger partial charge in [-0.2, -0.15) is 0 Å². The van der Waals surface area contributed by atoms with Crippen LogP contribution < -0.4 is 5.32 Å². The van der Waals surface area contributed by atoms with Gasteiger partial charge in [-0.05, 0) is 17.5 Å². The lowest BCUT2D eigenvalue weighted by Crippen LogP contribution is -2.24. The number of benzene rings is 2. The van der Waals surface area contributed by atoms with Crippen molar-refractivity contribution in [3.05, 3.63) is 83.9 Å². The largest absolute Gasteiger partial charge is 0.445 e. The van der Waals surface area contributed by atoms with E-state index in [1.54, 1.807) is 0 Å². The van der Waals surface area contributed by atoms with Crippen LogP contribution in [0.2, 0.25) is 0 Å². The van der Waals surface area contributed by atoms with Gasteiger partial charge < -0.3 is 10.1 Å². The SMILES string of the molecule is O=C(NCC=CCc1ccccc1)OCc1ccccc1. The van der Waals surface area contributed by atoms with E-state index in [-0.39, 0.29) is 0 Å². The second-order valence-corrected chi connectivity index (χ2v) is 4.60. The minimum atomic E-state index is -0.400. The van der Waals surface area contributed by atoms with E-state index >= 15 is 0 Å². The first-order valence-corrected chi connectivity index (χ1v) is 6.98. The molecule has 1 N–H and O–H groups in total. The maximum absolute atomic E-state index is 11.5. The Morgan fingerprint density at radius 2 is 1.52 bits per heavy atom. The first kappa shape index (κ1) is 14.9. The summed E-state index contributed by atoms with van der Waals surface area (Å²) in [6.07, 6.45) is 4.42. The van der Waals surface area contributed by atoms with Crippen molar-refractivity contribution < 1.29 is 9.53 Å². The number of amides is 1. The van der Waals surface area contributed by atoms with Crippen molar-refractivity contribution in [3.63, 3.8) is 0 Å². The van der Waals surface area contributed by atoms with Crippen LogP contribution in [-0.2, 0) is 17.8 Å². The Kier molecular flexibility index (Phi) is 6.07. The van der Waals surface area contributed by atoms with Gasteiger partial charge in [0.25, 0.3) is 0 Å². The van der Waals surface area contributed by atoms with E-state index in [2.05, 4.69) is 17.4 Å². The molecule has 21 heavy (non-hydrogen) atoms. The third-order valence-corrected chi connectivity index (χ3v) is 2.94. The second kappa shape index (κ2) is 8.59. The normalized spacial score (nSPS) is 10.5. The Morgan fingerprint density at radius 3 is 2.19 bits per heavy atom. The fourth-order valence-corrected chi connectivity index (χ4v) is 1.83. The quantitative estimate of drug-likeness (QED) is 0.820. The lowest BCUT2D eigenvalue weighted by molar-refractivity contribution is 0.140. The van der Waals surface area contributed by atoms with Gasteiger partial charge >= 0.3 is 6.09 Å². The molecular weight excluding hydrogens is 262 g/mol. The van der Waals surface area contributed by atoms with E-state index in [1.165, 1.54) is 5.56 Å². The number of ether oxygens (including phenoxy) is 1. The zero-order valence-corrected chi connectivity index (χ0v) is 11.9.